The lowest BCUT2D eigenvalue weighted by Crippen LogP contribution is -2.30. The number of nitrogens with one attached hydrogen (secondary N) is 2. The van der Waals surface area contributed by atoms with E-state index in [-0.39, 0.29) is 34.8 Å². The second-order valence-corrected chi connectivity index (χ2v) is 8.77. The van der Waals surface area contributed by atoms with E-state index in [0.29, 0.717) is 24.0 Å². The number of aromatic nitrogens is 4. The van der Waals surface area contributed by atoms with E-state index in [2.05, 4.69) is 25.7 Å². The van der Waals surface area contributed by atoms with E-state index < -0.39 is 29.6 Å². The Bertz CT molecular complexity index is 1670. The lowest BCUT2D eigenvalue weighted by molar-refractivity contribution is 0.0695. The van der Waals surface area contributed by atoms with E-state index in [4.69, 9.17) is 5.26 Å². The lowest BCUT2D eigenvalue weighted by Gasteiger charge is -2.16. The monoisotopic (exact) mass is 513 g/mol. The molecule has 1 aliphatic rings. The standard InChI is InChI=1S/C26H20FN7O4/c1-13-16-4-5-20(18(16)3-2-17(13)26(37)38)33-25(36)22-9-21(32-23-19(27)12-31-34(22)23)24(35)30-11-14-6-7-29-15(8-14)10-28/h2-3,6-9,12,20H,4-5,11H2,1H3,(H,30,35)(H,33,36)(H,37,38)/t20-/m0/s1. The maximum Gasteiger partial charge on any atom is 0.335 e. The van der Waals surface area contributed by atoms with Gasteiger partial charge in [0.15, 0.2) is 11.5 Å². The molecule has 1 aliphatic carbocycles. The third kappa shape index (κ3) is 4.41. The molecule has 0 radical (unpaired) electrons. The van der Waals surface area contributed by atoms with E-state index in [1.165, 1.54) is 24.4 Å². The number of nitrogens with zero attached hydrogens (tertiary/aromatic N) is 5. The Hall–Kier alpha value is -5.18. The van der Waals surface area contributed by atoms with Gasteiger partial charge in [0, 0.05) is 18.8 Å². The highest BCUT2D eigenvalue weighted by Gasteiger charge is 2.29. The van der Waals surface area contributed by atoms with E-state index in [1.54, 1.807) is 19.1 Å². The van der Waals surface area contributed by atoms with Crippen molar-refractivity contribution in [3.8, 4) is 6.07 Å². The van der Waals surface area contributed by atoms with Gasteiger partial charge in [0.1, 0.15) is 23.2 Å². The third-order valence-corrected chi connectivity index (χ3v) is 6.51. The molecular weight excluding hydrogens is 493 g/mol. The van der Waals surface area contributed by atoms with E-state index in [9.17, 15) is 23.9 Å². The minimum Gasteiger partial charge on any atom is -0.478 e. The highest BCUT2D eigenvalue weighted by Crippen LogP contribution is 2.35. The van der Waals surface area contributed by atoms with Crippen molar-refractivity contribution in [2.24, 2.45) is 0 Å². The Morgan fingerprint density at radius 3 is 2.82 bits per heavy atom. The van der Waals surface area contributed by atoms with Crippen LogP contribution in [-0.4, -0.2) is 42.5 Å². The average molecular weight is 513 g/mol. The zero-order valence-electron chi connectivity index (χ0n) is 20.0. The van der Waals surface area contributed by atoms with Crippen LogP contribution in [0.3, 0.4) is 0 Å². The molecule has 1 atom stereocenters. The molecular formula is C26H20FN7O4. The molecule has 5 rings (SSSR count). The maximum atomic E-state index is 14.4. The number of pyridine rings is 1. The van der Waals surface area contributed by atoms with Gasteiger partial charge in [-0.15, -0.1) is 0 Å². The number of carboxylic acids is 1. The van der Waals surface area contributed by atoms with Crippen molar-refractivity contribution in [1.29, 1.82) is 5.26 Å². The molecule has 0 saturated heterocycles. The molecule has 3 N–H and O–H groups in total. The molecule has 0 fully saturated rings. The number of amides is 2. The summed E-state index contributed by atoms with van der Waals surface area (Å²) in [7, 11) is 0. The number of carboxylic acid groups (broad SMARTS) is 1. The summed E-state index contributed by atoms with van der Waals surface area (Å²) < 4.78 is 15.4. The van der Waals surface area contributed by atoms with Gasteiger partial charge in [-0.2, -0.15) is 10.4 Å². The predicted octanol–water partition coefficient (Wildman–Crippen LogP) is 2.49. The van der Waals surface area contributed by atoms with Crippen LogP contribution in [0.25, 0.3) is 5.65 Å². The van der Waals surface area contributed by atoms with Crippen molar-refractivity contribution in [3.05, 3.63) is 93.4 Å². The normalized spacial score (nSPS) is 14.1. The molecule has 1 aromatic carbocycles. The fraction of sp³-hybridized carbons (Fsp3) is 0.192. The van der Waals surface area contributed by atoms with Gasteiger partial charge in [0.25, 0.3) is 11.8 Å². The first-order valence-corrected chi connectivity index (χ1v) is 11.6. The molecule has 0 aliphatic heterocycles. The first-order valence-electron chi connectivity index (χ1n) is 11.6. The predicted molar refractivity (Wildman–Crippen MR) is 130 cm³/mol. The maximum absolute atomic E-state index is 14.4. The third-order valence-electron chi connectivity index (χ3n) is 6.51. The second kappa shape index (κ2) is 9.70. The SMILES string of the molecule is Cc1c(C(=O)O)ccc2c1CC[C@@H]2NC(=O)c1cc(C(=O)NCc2ccnc(C#N)c2)nc2c(F)cnn12. The number of carbonyl (C=O) groups is 3. The molecule has 0 unspecified atom stereocenters. The zero-order valence-corrected chi connectivity index (χ0v) is 20.0. The molecule has 38 heavy (non-hydrogen) atoms. The molecule has 0 saturated carbocycles. The van der Waals surface area contributed by atoms with Crippen LogP contribution in [0.5, 0.6) is 0 Å². The number of aromatic carboxylic acids is 1. The number of nitriles is 1. The van der Waals surface area contributed by atoms with Crippen molar-refractivity contribution in [3.63, 3.8) is 0 Å². The smallest absolute Gasteiger partial charge is 0.335 e. The Morgan fingerprint density at radius 2 is 2.05 bits per heavy atom. The molecule has 3 aromatic heterocycles. The highest BCUT2D eigenvalue weighted by atomic mass is 19.1. The minimum absolute atomic E-state index is 0.0582. The van der Waals surface area contributed by atoms with Crippen molar-refractivity contribution < 1.29 is 23.9 Å². The van der Waals surface area contributed by atoms with Gasteiger partial charge in [-0.1, -0.05) is 6.07 Å². The second-order valence-electron chi connectivity index (χ2n) is 8.77. The molecule has 2 amide bonds. The largest absolute Gasteiger partial charge is 0.478 e. The summed E-state index contributed by atoms with van der Waals surface area (Å²) in [4.78, 5) is 45.6. The molecule has 4 aromatic rings. The summed E-state index contributed by atoms with van der Waals surface area (Å²) in [5.74, 6) is -3.07. The lowest BCUT2D eigenvalue weighted by atomic mass is 9.98. The van der Waals surface area contributed by atoms with Crippen LogP contribution < -0.4 is 10.6 Å². The van der Waals surface area contributed by atoms with Crippen molar-refractivity contribution in [2.45, 2.75) is 32.4 Å². The Balaban J connectivity index is 1.41. The first-order chi connectivity index (χ1) is 18.3. The van der Waals surface area contributed by atoms with Crippen LogP contribution in [0.2, 0.25) is 0 Å². The summed E-state index contributed by atoms with van der Waals surface area (Å²) in [6.07, 6.45) is 3.49. The summed E-state index contributed by atoms with van der Waals surface area (Å²) >= 11 is 0. The Labute approximate surface area is 215 Å². The van der Waals surface area contributed by atoms with Crippen LogP contribution in [0.1, 0.15) is 71.7 Å². The fourth-order valence-electron chi connectivity index (χ4n) is 4.63. The quantitative estimate of drug-likeness (QED) is 0.354. The van der Waals surface area contributed by atoms with Crippen LogP contribution >= 0.6 is 0 Å². The van der Waals surface area contributed by atoms with Gasteiger partial charge in [0.2, 0.25) is 0 Å². The van der Waals surface area contributed by atoms with E-state index >= 15 is 0 Å². The molecule has 0 bridgehead atoms. The number of fused-ring (bicyclic) bond motifs is 2. The molecule has 11 nitrogen and oxygen atoms in total. The summed E-state index contributed by atoms with van der Waals surface area (Å²) in [5.41, 5.74) is 2.80. The van der Waals surface area contributed by atoms with Gasteiger partial charge in [-0.05, 0) is 60.2 Å². The number of halogens is 1. The molecule has 12 heteroatoms. The summed E-state index contributed by atoms with van der Waals surface area (Å²) in [5, 5.41) is 27.8. The number of rotatable bonds is 6. The van der Waals surface area contributed by atoms with Gasteiger partial charge in [0.05, 0.1) is 17.8 Å². The number of hydrogen-bond donors (Lipinski definition) is 3. The summed E-state index contributed by atoms with van der Waals surface area (Å²) in [6, 6.07) is 9.10. The Kier molecular flexibility index (Phi) is 6.26. The van der Waals surface area contributed by atoms with Crippen molar-refractivity contribution in [2.75, 3.05) is 0 Å². The fourth-order valence-corrected chi connectivity index (χ4v) is 4.63. The van der Waals surface area contributed by atoms with Gasteiger partial charge < -0.3 is 15.7 Å². The molecule has 3 heterocycles. The first kappa shape index (κ1) is 24.5. The number of benzene rings is 1. The van der Waals surface area contributed by atoms with Crippen molar-refractivity contribution >= 4 is 23.4 Å². The van der Waals surface area contributed by atoms with Gasteiger partial charge in [-0.25, -0.2) is 23.7 Å². The highest BCUT2D eigenvalue weighted by molar-refractivity contribution is 5.98. The minimum atomic E-state index is -1.02. The number of carbonyl (C=O) groups excluding carboxylic acids is 2. The summed E-state index contributed by atoms with van der Waals surface area (Å²) in [6.45, 7) is 1.80. The van der Waals surface area contributed by atoms with E-state index in [0.717, 1.165) is 21.8 Å². The van der Waals surface area contributed by atoms with E-state index in [1.807, 2.05) is 6.07 Å². The Morgan fingerprint density at radius 1 is 1.24 bits per heavy atom. The van der Waals surface area contributed by atoms with Crippen LogP contribution in [0, 0.1) is 24.1 Å². The number of hydrogen-bond acceptors (Lipinski definition) is 7. The topological polar surface area (TPSA) is 162 Å². The average Bonchev–Trinajstić information content (AvgIpc) is 3.50. The van der Waals surface area contributed by atoms with Gasteiger partial charge in [-0.3, -0.25) is 9.59 Å². The van der Waals surface area contributed by atoms with Crippen LogP contribution in [0.15, 0.2) is 42.7 Å². The molecule has 0 spiro atoms. The zero-order chi connectivity index (χ0) is 27.0. The van der Waals surface area contributed by atoms with Crippen molar-refractivity contribution in [1.82, 2.24) is 30.2 Å². The van der Waals surface area contributed by atoms with Crippen LogP contribution in [-0.2, 0) is 13.0 Å². The van der Waals surface area contributed by atoms with Gasteiger partial charge >= 0.3 is 5.97 Å². The van der Waals surface area contributed by atoms with Crippen LogP contribution in [0.4, 0.5) is 4.39 Å². The molecule has 190 valence electrons.